The van der Waals surface area contributed by atoms with Crippen LogP contribution in [0.15, 0.2) is 29.1 Å². The van der Waals surface area contributed by atoms with E-state index in [1.165, 1.54) is 13.2 Å². The van der Waals surface area contributed by atoms with Crippen LogP contribution in [0.25, 0.3) is 11.5 Å². The lowest BCUT2D eigenvalue weighted by Gasteiger charge is -2.21. The number of alkyl halides is 3. The molecule has 1 unspecified atom stereocenters. The zero-order valence-electron chi connectivity index (χ0n) is 16.0. The predicted octanol–water partition coefficient (Wildman–Crippen LogP) is 3.50. The topological polar surface area (TPSA) is 103 Å². The first-order chi connectivity index (χ1) is 14.8. The van der Waals surface area contributed by atoms with Crippen LogP contribution < -0.4 is 10.1 Å². The van der Waals surface area contributed by atoms with Crippen molar-refractivity contribution in [3.8, 4) is 17.3 Å². The van der Waals surface area contributed by atoms with Crippen LogP contribution in [0, 0.1) is 5.82 Å². The number of aryl methyl sites for hydroxylation is 1. The average Bonchev–Trinajstić information content (AvgIpc) is 3.19. The number of hydrogen-bond donors (Lipinski definition) is 1. The maximum absolute atomic E-state index is 14.2. The van der Waals surface area contributed by atoms with Gasteiger partial charge in [-0.05, 0) is 12.8 Å². The highest BCUT2D eigenvalue weighted by Gasteiger charge is 2.34. The maximum atomic E-state index is 14.2. The largest absolute Gasteiger partial charge is 0.481 e. The van der Waals surface area contributed by atoms with E-state index in [1.807, 2.05) is 0 Å². The third-order valence-electron chi connectivity index (χ3n) is 4.69. The number of ether oxygens (including phenoxy) is 1. The number of fused-ring (bicyclic) bond motifs is 1. The first-order valence-corrected chi connectivity index (χ1v) is 9.16. The van der Waals surface area contributed by atoms with Crippen LogP contribution in [0.3, 0.4) is 0 Å². The minimum atomic E-state index is -4.72. The number of rotatable bonds is 4. The molecule has 0 spiro atoms. The van der Waals surface area contributed by atoms with Crippen LogP contribution in [-0.2, 0) is 12.6 Å². The van der Waals surface area contributed by atoms with Gasteiger partial charge >= 0.3 is 6.18 Å². The van der Waals surface area contributed by atoms with Gasteiger partial charge in [-0.25, -0.2) is 19.3 Å². The zero-order chi connectivity index (χ0) is 22.2. The van der Waals surface area contributed by atoms with Crippen molar-refractivity contribution in [2.75, 3.05) is 7.11 Å². The first kappa shape index (κ1) is 20.7. The molecule has 0 saturated heterocycles. The van der Waals surface area contributed by atoms with Crippen molar-refractivity contribution in [3.05, 3.63) is 53.3 Å². The molecule has 8 nitrogen and oxygen atoms in total. The van der Waals surface area contributed by atoms with Gasteiger partial charge in [-0.3, -0.25) is 9.78 Å². The van der Waals surface area contributed by atoms with Crippen molar-refractivity contribution in [2.24, 2.45) is 0 Å². The fourth-order valence-corrected chi connectivity index (χ4v) is 3.21. The third-order valence-corrected chi connectivity index (χ3v) is 4.69. The molecule has 31 heavy (non-hydrogen) atoms. The van der Waals surface area contributed by atoms with Gasteiger partial charge in [0, 0.05) is 12.5 Å². The van der Waals surface area contributed by atoms with E-state index in [9.17, 15) is 22.4 Å². The van der Waals surface area contributed by atoms with Gasteiger partial charge in [-0.2, -0.15) is 13.2 Å². The molecule has 1 aliphatic carbocycles. The maximum Gasteiger partial charge on any atom is 0.434 e. The van der Waals surface area contributed by atoms with Crippen molar-refractivity contribution >= 4 is 5.91 Å². The summed E-state index contributed by atoms with van der Waals surface area (Å²) < 4.78 is 63.4. The number of oxazole rings is 1. The van der Waals surface area contributed by atoms with Crippen LogP contribution in [-0.4, -0.2) is 33.0 Å². The molecule has 0 saturated carbocycles. The minimum Gasteiger partial charge on any atom is -0.481 e. The summed E-state index contributed by atoms with van der Waals surface area (Å²) in [4.78, 5) is 27.4. The van der Waals surface area contributed by atoms with Crippen molar-refractivity contribution in [2.45, 2.75) is 31.5 Å². The molecule has 1 aliphatic rings. The molecule has 1 atom stereocenters. The first-order valence-electron chi connectivity index (χ1n) is 9.16. The van der Waals surface area contributed by atoms with Gasteiger partial charge in [0.25, 0.3) is 5.91 Å². The number of hydrogen-bond acceptors (Lipinski definition) is 7. The van der Waals surface area contributed by atoms with E-state index < -0.39 is 35.3 Å². The Morgan fingerprint density at radius 3 is 2.81 bits per heavy atom. The molecule has 4 rings (SSSR count). The standard InChI is InChI=1S/C19H15F4N5O3/c1-30-15-5-9(10(20)6-25-15)18-28-16-11(3-2-4-13(16)31-18)27-17(29)12-7-24-8-14(26-12)19(21,22)23/h5-8,11H,2-4H2,1H3,(H,27,29). The van der Waals surface area contributed by atoms with E-state index in [0.717, 1.165) is 12.4 Å². The molecule has 3 aromatic heterocycles. The SMILES string of the molecule is COc1cc(-c2nc3c(o2)CCCC3NC(=O)c2cncc(C(F)(F)F)n2)c(F)cn1. The molecule has 0 bridgehead atoms. The Hall–Kier alpha value is -3.57. The van der Waals surface area contributed by atoms with Gasteiger partial charge in [0.05, 0.1) is 37.3 Å². The van der Waals surface area contributed by atoms with Crippen molar-refractivity contribution < 1.29 is 31.5 Å². The number of nitrogens with zero attached hydrogens (tertiary/aromatic N) is 4. The molecule has 3 heterocycles. The second-order valence-electron chi connectivity index (χ2n) is 6.74. The molecule has 12 heteroatoms. The van der Waals surface area contributed by atoms with Crippen LogP contribution in [0.1, 0.15) is 46.5 Å². The van der Waals surface area contributed by atoms with E-state index in [0.29, 0.717) is 36.9 Å². The quantitative estimate of drug-likeness (QED) is 0.623. The van der Waals surface area contributed by atoms with Crippen molar-refractivity contribution in [1.29, 1.82) is 0 Å². The number of halogens is 4. The predicted molar refractivity (Wildman–Crippen MR) is 96.4 cm³/mol. The van der Waals surface area contributed by atoms with Crippen molar-refractivity contribution in [3.63, 3.8) is 0 Å². The summed E-state index contributed by atoms with van der Waals surface area (Å²) in [6, 6.07) is 0.690. The highest BCUT2D eigenvalue weighted by Crippen LogP contribution is 2.34. The summed E-state index contributed by atoms with van der Waals surface area (Å²) in [6.45, 7) is 0. The number of nitrogens with one attached hydrogen (secondary N) is 1. The monoisotopic (exact) mass is 437 g/mol. The highest BCUT2D eigenvalue weighted by atomic mass is 19.4. The average molecular weight is 437 g/mol. The Labute approximate surface area is 172 Å². The number of aromatic nitrogens is 4. The van der Waals surface area contributed by atoms with Gasteiger partial charge in [0.2, 0.25) is 11.8 Å². The molecule has 0 fully saturated rings. The number of methoxy groups -OCH3 is 1. The number of amides is 1. The Balaban J connectivity index is 1.60. The molecule has 1 amide bonds. The molecule has 0 radical (unpaired) electrons. The van der Waals surface area contributed by atoms with Crippen LogP contribution >= 0.6 is 0 Å². The molecular weight excluding hydrogens is 422 g/mol. The van der Waals surface area contributed by atoms with E-state index >= 15 is 0 Å². The summed E-state index contributed by atoms with van der Waals surface area (Å²) in [5, 5.41) is 2.61. The van der Waals surface area contributed by atoms with Gasteiger partial charge in [-0.15, -0.1) is 0 Å². The Bertz CT molecular complexity index is 1130. The number of pyridine rings is 1. The summed E-state index contributed by atoms with van der Waals surface area (Å²) in [5.74, 6) is -0.891. The molecule has 3 aromatic rings. The summed E-state index contributed by atoms with van der Waals surface area (Å²) in [5.41, 5.74) is -1.33. The molecule has 1 N–H and O–H groups in total. The van der Waals surface area contributed by atoms with E-state index in [2.05, 4.69) is 25.3 Å². The summed E-state index contributed by atoms with van der Waals surface area (Å²) in [7, 11) is 1.38. The third kappa shape index (κ3) is 4.18. The highest BCUT2D eigenvalue weighted by molar-refractivity contribution is 5.92. The van der Waals surface area contributed by atoms with Gasteiger partial charge in [0.15, 0.2) is 11.5 Å². The van der Waals surface area contributed by atoms with E-state index in [-0.39, 0.29) is 17.3 Å². The minimum absolute atomic E-state index is 0.0109. The lowest BCUT2D eigenvalue weighted by molar-refractivity contribution is -0.141. The number of carbonyl (C=O) groups excluding carboxylic acids is 1. The van der Waals surface area contributed by atoms with Crippen LogP contribution in [0.5, 0.6) is 5.88 Å². The Morgan fingerprint density at radius 2 is 2.06 bits per heavy atom. The molecular formula is C19H15F4N5O3. The second-order valence-corrected chi connectivity index (χ2v) is 6.74. The smallest absolute Gasteiger partial charge is 0.434 e. The zero-order valence-corrected chi connectivity index (χ0v) is 16.0. The number of carbonyl (C=O) groups is 1. The fourth-order valence-electron chi connectivity index (χ4n) is 3.21. The Morgan fingerprint density at radius 1 is 1.26 bits per heavy atom. The summed E-state index contributed by atoms with van der Waals surface area (Å²) >= 11 is 0. The molecule has 0 aromatic carbocycles. The van der Waals surface area contributed by atoms with E-state index in [4.69, 9.17) is 9.15 Å². The van der Waals surface area contributed by atoms with Gasteiger partial charge in [-0.1, -0.05) is 0 Å². The fraction of sp³-hybridized carbons (Fsp3) is 0.316. The van der Waals surface area contributed by atoms with Crippen molar-refractivity contribution in [1.82, 2.24) is 25.3 Å². The summed E-state index contributed by atoms with van der Waals surface area (Å²) in [6.07, 6.45) is -0.650. The van der Waals surface area contributed by atoms with E-state index in [1.54, 1.807) is 0 Å². The van der Waals surface area contributed by atoms with Crippen LogP contribution in [0.2, 0.25) is 0 Å². The molecule has 162 valence electrons. The van der Waals surface area contributed by atoms with Crippen LogP contribution in [0.4, 0.5) is 17.6 Å². The Kier molecular flexibility index (Phi) is 5.29. The molecule has 0 aliphatic heterocycles. The second kappa shape index (κ2) is 7.93. The van der Waals surface area contributed by atoms with Gasteiger partial charge in [0.1, 0.15) is 17.1 Å². The lowest BCUT2D eigenvalue weighted by atomic mass is 9.96. The van der Waals surface area contributed by atoms with Gasteiger partial charge < -0.3 is 14.5 Å². The lowest BCUT2D eigenvalue weighted by Crippen LogP contribution is -2.32. The normalized spacial score (nSPS) is 16.0.